The summed E-state index contributed by atoms with van der Waals surface area (Å²) in [6, 6.07) is -0.840. The summed E-state index contributed by atoms with van der Waals surface area (Å²) >= 11 is 1.54. The van der Waals surface area contributed by atoms with Gasteiger partial charge in [0.2, 0.25) is 5.91 Å². The summed E-state index contributed by atoms with van der Waals surface area (Å²) in [5, 5.41) is 20.2. The number of carboxylic acids is 1. The summed E-state index contributed by atoms with van der Waals surface area (Å²) in [7, 11) is 0. The number of hydrogen-bond donors (Lipinski definition) is 3. The number of Topliss-reactive ketones (excluding diaryl/α,β-unsaturated/α-hetero) is 1. The van der Waals surface area contributed by atoms with Crippen LogP contribution in [0.2, 0.25) is 0 Å². The van der Waals surface area contributed by atoms with Crippen LogP contribution in [0.25, 0.3) is 0 Å². The topological polar surface area (TPSA) is 104 Å². The third-order valence-electron chi connectivity index (χ3n) is 3.11. The van der Waals surface area contributed by atoms with Crippen LogP contribution < -0.4 is 5.32 Å². The number of ketones is 1. The molecule has 0 radical (unpaired) electrons. The summed E-state index contributed by atoms with van der Waals surface area (Å²) in [5.41, 5.74) is 0. The molecule has 1 unspecified atom stereocenters. The summed E-state index contributed by atoms with van der Waals surface area (Å²) in [6.45, 7) is 1.45. The fourth-order valence-corrected chi connectivity index (χ4v) is 2.36. The highest BCUT2D eigenvalue weighted by Crippen LogP contribution is 2.12. The number of carboxylic acid groups (broad SMARTS) is 1. The van der Waals surface area contributed by atoms with Crippen molar-refractivity contribution in [2.75, 3.05) is 18.6 Å². The number of nitrogens with one attached hydrogen (secondary N) is 1. The summed E-state index contributed by atoms with van der Waals surface area (Å²) < 4.78 is 0. The van der Waals surface area contributed by atoms with Crippen molar-refractivity contribution >= 4 is 29.4 Å². The standard InChI is InChI=1S/C14H25NO5S/c1-10(4-3-5-11(17)9-16)8-13(18)15-12(14(19)20)6-7-21-2/h10,12,16H,3-9H2,1-2H3,(H,15,18)(H,19,20)/t10?,12-/m1/s1. The molecule has 0 heterocycles. The van der Waals surface area contributed by atoms with Crippen molar-refractivity contribution in [1.29, 1.82) is 0 Å². The first-order chi connectivity index (χ1) is 9.90. The molecule has 21 heavy (non-hydrogen) atoms. The highest BCUT2D eigenvalue weighted by atomic mass is 32.2. The van der Waals surface area contributed by atoms with Gasteiger partial charge in [-0.1, -0.05) is 6.92 Å². The van der Waals surface area contributed by atoms with E-state index in [-0.39, 0.29) is 24.0 Å². The van der Waals surface area contributed by atoms with Crippen LogP contribution in [0, 0.1) is 5.92 Å². The summed E-state index contributed by atoms with van der Waals surface area (Å²) in [5.74, 6) is -0.736. The molecule has 6 nitrogen and oxygen atoms in total. The number of carbonyl (C=O) groups excluding carboxylic acids is 2. The van der Waals surface area contributed by atoms with Crippen molar-refractivity contribution in [2.45, 2.75) is 45.1 Å². The zero-order chi connectivity index (χ0) is 16.3. The Hall–Kier alpha value is -1.08. The van der Waals surface area contributed by atoms with Crippen molar-refractivity contribution in [3.8, 4) is 0 Å². The molecule has 0 aromatic carbocycles. The molecular weight excluding hydrogens is 294 g/mol. The van der Waals surface area contributed by atoms with E-state index >= 15 is 0 Å². The van der Waals surface area contributed by atoms with E-state index in [0.717, 1.165) is 0 Å². The molecule has 0 aliphatic rings. The van der Waals surface area contributed by atoms with Crippen LogP contribution in [0.4, 0.5) is 0 Å². The van der Waals surface area contributed by atoms with Crippen LogP contribution in [0.5, 0.6) is 0 Å². The van der Waals surface area contributed by atoms with E-state index in [1.807, 2.05) is 13.2 Å². The lowest BCUT2D eigenvalue weighted by atomic mass is 9.99. The molecule has 0 fully saturated rings. The van der Waals surface area contributed by atoms with Gasteiger partial charge in [-0.25, -0.2) is 4.79 Å². The predicted molar refractivity (Wildman–Crippen MR) is 82.3 cm³/mol. The van der Waals surface area contributed by atoms with Gasteiger partial charge in [0.15, 0.2) is 5.78 Å². The predicted octanol–water partition coefficient (Wildman–Crippen LogP) is 1.07. The van der Waals surface area contributed by atoms with Gasteiger partial charge in [-0.05, 0) is 37.2 Å². The summed E-state index contributed by atoms with van der Waals surface area (Å²) in [6.07, 6.45) is 4.17. The molecule has 0 aliphatic carbocycles. The highest BCUT2D eigenvalue weighted by Gasteiger charge is 2.20. The van der Waals surface area contributed by atoms with Crippen LogP contribution in [0.3, 0.4) is 0 Å². The van der Waals surface area contributed by atoms with Crippen molar-refractivity contribution in [1.82, 2.24) is 5.32 Å². The van der Waals surface area contributed by atoms with Gasteiger partial charge in [0.25, 0.3) is 0 Å². The Morgan fingerprint density at radius 1 is 1.24 bits per heavy atom. The molecule has 1 amide bonds. The molecule has 0 rings (SSSR count). The monoisotopic (exact) mass is 319 g/mol. The first kappa shape index (κ1) is 19.9. The number of rotatable bonds is 12. The third-order valence-corrected chi connectivity index (χ3v) is 3.75. The number of aliphatic carboxylic acids is 1. The van der Waals surface area contributed by atoms with Crippen molar-refractivity contribution < 1.29 is 24.6 Å². The molecule has 0 aromatic heterocycles. The maximum absolute atomic E-state index is 11.8. The SMILES string of the molecule is CSCC[C@@H](NC(=O)CC(C)CCCC(=O)CO)C(=O)O. The first-order valence-corrected chi connectivity index (χ1v) is 8.43. The van der Waals surface area contributed by atoms with Gasteiger partial charge in [-0.3, -0.25) is 9.59 Å². The lowest BCUT2D eigenvalue weighted by Gasteiger charge is -2.16. The number of aliphatic hydroxyl groups excluding tert-OH is 1. The molecule has 122 valence electrons. The number of thioether (sulfide) groups is 1. The number of amides is 1. The Kier molecular flexibility index (Phi) is 11.0. The van der Waals surface area contributed by atoms with Crippen molar-refractivity contribution in [3.63, 3.8) is 0 Å². The minimum absolute atomic E-state index is 0.0755. The number of aliphatic hydroxyl groups is 1. The molecule has 7 heteroatoms. The second-order valence-electron chi connectivity index (χ2n) is 5.14. The van der Waals surface area contributed by atoms with Gasteiger partial charge >= 0.3 is 5.97 Å². The van der Waals surface area contributed by atoms with Gasteiger partial charge in [-0.15, -0.1) is 0 Å². The second kappa shape index (κ2) is 11.6. The van der Waals surface area contributed by atoms with Gasteiger partial charge < -0.3 is 15.5 Å². The quantitative estimate of drug-likeness (QED) is 0.497. The molecule has 3 N–H and O–H groups in total. The largest absolute Gasteiger partial charge is 0.480 e. The fourth-order valence-electron chi connectivity index (χ4n) is 1.89. The van der Waals surface area contributed by atoms with E-state index in [0.29, 0.717) is 31.4 Å². The fraction of sp³-hybridized carbons (Fsp3) is 0.786. The lowest BCUT2D eigenvalue weighted by Crippen LogP contribution is -2.41. The Morgan fingerprint density at radius 3 is 2.43 bits per heavy atom. The zero-order valence-corrected chi connectivity index (χ0v) is 13.4. The molecule has 0 saturated carbocycles. The van der Waals surface area contributed by atoms with Gasteiger partial charge in [0.05, 0.1) is 0 Å². The lowest BCUT2D eigenvalue weighted by molar-refractivity contribution is -0.142. The highest BCUT2D eigenvalue weighted by molar-refractivity contribution is 7.98. The molecule has 0 bridgehead atoms. The normalized spacial score (nSPS) is 13.5. The maximum atomic E-state index is 11.8. The number of hydrogen-bond acceptors (Lipinski definition) is 5. The van der Waals surface area contributed by atoms with E-state index in [9.17, 15) is 14.4 Å². The molecule has 0 aliphatic heterocycles. The number of carbonyl (C=O) groups is 3. The maximum Gasteiger partial charge on any atom is 0.326 e. The molecule has 0 saturated heterocycles. The minimum atomic E-state index is -1.02. The average Bonchev–Trinajstić information content (AvgIpc) is 2.42. The summed E-state index contributed by atoms with van der Waals surface area (Å²) in [4.78, 5) is 33.8. The first-order valence-electron chi connectivity index (χ1n) is 7.04. The molecule has 0 aromatic rings. The third kappa shape index (κ3) is 10.3. The van der Waals surface area contributed by atoms with Gasteiger partial charge in [0, 0.05) is 12.8 Å². The van der Waals surface area contributed by atoms with Gasteiger partial charge in [0.1, 0.15) is 12.6 Å². The Labute approximate surface area is 129 Å². The van der Waals surface area contributed by atoms with E-state index in [1.165, 1.54) is 11.8 Å². The van der Waals surface area contributed by atoms with Crippen LogP contribution >= 0.6 is 11.8 Å². The molecule has 0 spiro atoms. The Balaban J connectivity index is 4.04. The average molecular weight is 319 g/mol. The van der Waals surface area contributed by atoms with E-state index in [4.69, 9.17) is 10.2 Å². The van der Waals surface area contributed by atoms with E-state index < -0.39 is 18.6 Å². The zero-order valence-electron chi connectivity index (χ0n) is 12.6. The van der Waals surface area contributed by atoms with Gasteiger partial charge in [-0.2, -0.15) is 11.8 Å². The Bertz CT molecular complexity index is 348. The smallest absolute Gasteiger partial charge is 0.326 e. The van der Waals surface area contributed by atoms with Crippen LogP contribution in [-0.2, 0) is 14.4 Å². The molecular formula is C14H25NO5S. The van der Waals surface area contributed by atoms with Crippen LogP contribution in [-0.4, -0.2) is 52.5 Å². The molecule has 2 atom stereocenters. The second-order valence-corrected chi connectivity index (χ2v) is 6.12. The minimum Gasteiger partial charge on any atom is -0.480 e. The van der Waals surface area contributed by atoms with E-state index in [1.54, 1.807) is 0 Å². The van der Waals surface area contributed by atoms with Crippen LogP contribution in [0.15, 0.2) is 0 Å². The van der Waals surface area contributed by atoms with Crippen molar-refractivity contribution in [2.24, 2.45) is 5.92 Å². The van der Waals surface area contributed by atoms with Crippen molar-refractivity contribution in [3.05, 3.63) is 0 Å². The Morgan fingerprint density at radius 2 is 1.90 bits per heavy atom. The van der Waals surface area contributed by atoms with E-state index in [2.05, 4.69) is 5.32 Å². The van der Waals surface area contributed by atoms with Crippen LogP contribution in [0.1, 0.15) is 39.0 Å².